The summed E-state index contributed by atoms with van der Waals surface area (Å²) in [6.07, 6.45) is 1.21. The minimum Gasteiger partial charge on any atom is -0.497 e. The van der Waals surface area contributed by atoms with E-state index in [0.29, 0.717) is 24.3 Å². The second-order valence-electron chi connectivity index (χ2n) is 7.61. The first-order valence-corrected chi connectivity index (χ1v) is 9.96. The van der Waals surface area contributed by atoms with Crippen molar-refractivity contribution < 1.29 is 23.8 Å². The minimum absolute atomic E-state index is 0.0620. The molecule has 1 N–H and O–H groups in total. The summed E-state index contributed by atoms with van der Waals surface area (Å²) in [5.41, 5.74) is 3.30. The highest BCUT2D eigenvalue weighted by Gasteiger charge is 2.38. The van der Waals surface area contributed by atoms with Crippen LogP contribution >= 0.6 is 0 Å². The van der Waals surface area contributed by atoms with Crippen molar-refractivity contribution in [3.8, 4) is 17.2 Å². The molecule has 4 rings (SSSR count). The minimum atomic E-state index is -0.236. The summed E-state index contributed by atoms with van der Waals surface area (Å²) in [7, 11) is 4.84. The number of benzene rings is 2. The molecule has 1 aliphatic heterocycles. The van der Waals surface area contributed by atoms with Gasteiger partial charge in [0.1, 0.15) is 17.2 Å². The van der Waals surface area contributed by atoms with Gasteiger partial charge in [-0.3, -0.25) is 9.59 Å². The van der Waals surface area contributed by atoms with Crippen LogP contribution in [-0.4, -0.2) is 33.0 Å². The van der Waals surface area contributed by atoms with Crippen LogP contribution in [0.25, 0.3) is 0 Å². The SMILES string of the molecule is COc1ccc([C@@H]2CC(=O)NC3=C2C(=O)C[C@H](c2cc(OC)ccc2OC)C3)cc1. The lowest BCUT2D eigenvalue weighted by molar-refractivity contribution is -0.122. The molecule has 0 spiro atoms. The van der Waals surface area contributed by atoms with Crippen molar-refractivity contribution in [2.75, 3.05) is 21.3 Å². The van der Waals surface area contributed by atoms with Crippen LogP contribution in [0, 0.1) is 0 Å². The summed E-state index contributed by atoms with van der Waals surface area (Å²) in [6.45, 7) is 0. The molecule has 6 nitrogen and oxygen atoms in total. The number of ether oxygens (including phenoxy) is 3. The molecule has 1 heterocycles. The maximum absolute atomic E-state index is 13.3. The van der Waals surface area contributed by atoms with Crippen molar-refractivity contribution in [3.05, 3.63) is 64.9 Å². The summed E-state index contributed by atoms with van der Waals surface area (Å²) in [5.74, 6) is 1.84. The van der Waals surface area contributed by atoms with Gasteiger partial charge in [0.05, 0.1) is 21.3 Å². The van der Waals surface area contributed by atoms with Gasteiger partial charge in [0.2, 0.25) is 5.91 Å². The second kappa shape index (κ2) is 8.22. The number of ketones is 1. The van der Waals surface area contributed by atoms with Crippen LogP contribution in [0.4, 0.5) is 0 Å². The Morgan fingerprint density at radius 3 is 2.20 bits per heavy atom. The number of hydrogen-bond acceptors (Lipinski definition) is 5. The molecule has 0 aromatic heterocycles. The fourth-order valence-corrected chi connectivity index (χ4v) is 4.46. The van der Waals surface area contributed by atoms with Crippen LogP contribution in [0.5, 0.6) is 17.2 Å². The third kappa shape index (κ3) is 3.65. The van der Waals surface area contributed by atoms with Crippen LogP contribution in [-0.2, 0) is 9.59 Å². The van der Waals surface area contributed by atoms with Gasteiger partial charge in [-0.2, -0.15) is 0 Å². The summed E-state index contributed by atoms with van der Waals surface area (Å²) >= 11 is 0. The normalized spacial score (nSPS) is 21.0. The zero-order valence-corrected chi connectivity index (χ0v) is 17.4. The van der Waals surface area contributed by atoms with Gasteiger partial charge >= 0.3 is 0 Å². The molecule has 0 saturated heterocycles. The lowest BCUT2D eigenvalue weighted by Crippen LogP contribution is -2.38. The smallest absolute Gasteiger partial charge is 0.225 e. The Hall–Kier alpha value is -3.28. The summed E-state index contributed by atoms with van der Waals surface area (Å²) in [6, 6.07) is 13.2. The van der Waals surface area contributed by atoms with Crippen molar-refractivity contribution in [3.63, 3.8) is 0 Å². The van der Waals surface area contributed by atoms with E-state index in [-0.39, 0.29) is 29.9 Å². The summed E-state index contributed by atoms with van der Waals surface area (Å²) in [4.78, 5) is 25.7. The Labute approximate surface area is 175 Å². The van der Waals surface area contributed by atoms with Crippen molar-refractivity contribution in [2.45, 2.75) is 31.1 Å². The molecule has 2 aromatic rings. The largest absolute Gasteiger partial charge is 0.497 e. The third-order valence-electron chi connectivity index (χ3n) is 5.93. The molecule has 0 saturated carbocycles. The van der Waals surface area contributed by atoms with E-state index in [1.807, 2.05) is 42.5 Å². The van der Waals surface area contributed by atoms with Gasteiger partial charge in [0.15, 0.2) is 5.78 Å². The van der Waals surface area contributed by atoms with E-state index in [9.17, 15) is 9.59 Å². The first-order valence-electron chi connectivity index (χ1n) is 9.96. The van der Waals surface area contributed by atoms with E-state index in [1.54, 1.807) is 21.3 Å². The summed E-state index contributed by atoms with van der Waals surface area (Å²) in [5, 5.41) is 2.96. The highest BCUT2D eigenvalue weighted by atomic mass is 16.5. The van der Waals surface area contributed by atoms with Gasteiger partial charge in [0, 0.05) is 41.5 Å². The predicted molar refractivity (Wildman–Crippen MR) is 112 cm³/mol. The molecular formula is C24H25NO5. The molecule has 2 aromatic carbocycles. The van der Waals surface area contributed by atoms with Crippen molar-refractivity contribution in [1.29, 1.82) is 0 Å². The lowest BCUT2D eigenvalue weighted by atomic mass is 9.73. The Balaban J connectivity index is 1.71. The Bertz CT molecular complexity index is 1010. The average Bonchev–Trinajstić information content (AvgIpc) is 2.77. The van der Waals surface area contributed by atoms with Gasteiger partial charge in [0.25, 0.3) is 0 Å². The molecule has 30 heavy (non-hydrogen) atoms. The van der Waals surface area contributed by atoms with Crippen LogP contribution in [0.2, 0.25) is 0 Å². The highest BCUT2D eigenvalue weighted by Crippen LogP contribution is 2.45. The van der Waals surface area contributed by atoms with Crippen molar-refractivity contribution in [2.24, 2.45) is 0 Å². The first kappa shape index (κ1) is 20.0. The molecule has 1 aliphatic carbocycles. The number of Topliss-reactive ketones (excluding diaryl/α,β-unsaturated/α-hetero) is 1. The number of methoxy groups -OCH3 is 3. The topological polar surface area (TPSA) is 73.9 Å². The van der Waals surface area contributed by atoms with E-state index in [1.165, 1.54) is 0 Å². The number of carbonyl (C=O) groups is 2. The van der Waals surface area contributed by atoms with Crippen molar-refractivity contribution in [1.82, 2.24) is 5.32 Å². The molecule has 0 unspecified atom stereocenters. The number of carbonyl (C=O) groups excluding carboxylic acids is 2. The third-order valence-corrected chi connectivity index (χ3v) is 5.93. The molecule has 156 valence electrons. The maximum Gasteiger partial charge on any atom is 0.225 e. The van der Waals surface area contributed by atoms with Gasteiger partial charge in [-0.15, -0.1) is 0 Å². The Kier molecular flexibility index (Phi) is 5.48. The number of rotatable bonds is 5. The van der Waals surface area contributed by atoms with Gasteiger partial charge < -0.3 is 19.5 Å². The number of hydrogen-bond donors (Lipinski definition) is 1. The lowest BCUT2D eigenvalue weighted by Gasteiger charge is -2.35. The Morgan fingerprint density at radius 2 is 1.53 bits per heavy atom. The number of amides is 1. The standard InChI is InChI=1S/C24H25NO5/c1-28-16-6-4-14(5-7-16)19-13-23(27)25-20-10-15(11-21(26)24(19)20)18-12-17(29-2)8-9-22(18)30-3/h4-9,12,15,19H,10-11,13H2,1-3H3,(H,25,27)/t15-,19+/m1/s1. The molecule has 6 heteroatoms. The maximum atomic E-state index is 13.3. The van der Waals surface area contributed by atoms with Crippen LogP contribution in [0.3, 0.4) is 0 Å². The van der Waals surface area contributed by atoms with Gasteiger partial charge in [-0.25, -0.2) is 0 Å². The van der Waals surface area contributed by atoms with E-state index >= 15 is 0 Å². The quantitative estimate of drug-likeness (QED) is 0.818. The van der Waals surface area contributed by atoms with E-state index in [2.05, 4.69) is 5.32 Å². The Morgan fingerprint density at radius 1 is 0.833 bits per heavy atom. The van der Waals surface area contributed by atoms with E-state index in [0.717, 1.165) is 28.1 Å². The summed E-state index contributed by atoms with van der Waals surface area (Å²) < 4.78 is 16.1. The molecule has 1 amide bonds. The predicted octanol–water partition coefficient (Wildman–Crippen LogP) is 3.72. The fraction of sp³-hybridized carbons (Fsp3) is 0.333. The van der Waals surface area contributed by atoms with Gasteiger partial charge in [-0.1, -0.05) is 12.1 Å². The number of nitrogens with one attached hydrogen (secondary N) is 1. The first-order chi connectivity index (χ1) is 14.5. The van der Waals surface area contributed by atoms with Gasteiger partial charge in [-0.05, 0) is 42.3 Å². The zero-order chi connectivity index (χ0) is 21.3. The van der Waals surface area contributed by atoms with Crippen molar-refractivity contribution >= 4 is 11.7 Å². The van der Waals surface area contributed by atoms with E-state index < -0.39 is 0 Å². The molecule has 2 aliphatic rings. The molecule has 0 bridgehead atoms. The monoisotopic (exact) mass is 407 g/mol. The van der Waals surface area contributed by atoms with Crippen LogP contribution in [0.1, 0.15) is 42.2 Å². The average molecular weight is 407 g/mol. The van der Waals surface area contributed by atoms with Crippen LogP contribution in [0.15, 0.2) is 53.7 Å². The fourth-order valence-electron chi connectivity index (χ4n) is 4.46. The second-order valence-corrected chi connectivity index (χ2v) is 7.61. The highest BCUT2D eigenvalue weighted by molar-refractivity contribution is 6.02. The molecule has 2 atom stereocenters. The van der Waals surface area contributed by atoms with E-state index in [4.69, 9.17) is 14.2 Å². The zero-order valence-electron chi connectivity index (χ0n) is 17.4. The molecule has 0 radical (unpaired) electrons. The number of allylic oxidation sites excluding steroid dienone is 2. The molecular weight excluding hydrogens is 382 g/mol. The van der Waals surface area contributed by atoms with Crippen LogP contribution < -0.4 is 19.5 Å². The molecule has 0 fully saturated rings.